The molecule has 108 valence electrons. The first kappa shape index (κ1) is 16.4. The Bertz CT molecular complexity index is 506. The summed E-state index contributed by atoms with van der Waals surface area (Å²) >= 11 is 1.32. The molecule has 1 aromatic rings. The van der Waals surface area contributed by atoms with Crippen LogP contribution in [-0.4, -0.2) is 31.9 Å². The fourth-order valence-corrected chi connectivity index (χ4v) is 4.73. The molecule has 6 heteroatoms. The van der Waals surface area contributed by atoms with Crippen molar-refractivity contribution in [2.45, 2.75) is 37.6 Å². The summed E-state index contributed by atoms with van der Waals surface area (Å²) < 4.78 is 26.9. The third-order valence-corrected chi connectivity index (χ3v) is 6.23. The van der Waals surface area contributed by atoms with Crippen LogP contribution in [0.25, 0.3) is 0 Å². The quantitative estimate of drug-likeness (QED) is 0.750. The number of nitrogens with zero attached hydrogens (tertiary/aromatic N) is 1. The third-order valence-electron chi connectivity index (χ3n) is 2.63. The van der Waals surface area contributed by atoms with Gasteiger partial charge in [-0.25, -0.2) is 8.42 Å². The standard InChI is InChI=1S/C13H22N2O2S2/c1-5-9-15(11(3)4)19(16,17)13-8-7-12(18-13)10-14-6-2/h5,7-8,11,14H,1,6,9-10H2,2-4H3. The highest BCUT2D eigenvalue weighted by Gasteiger charge is 2.27. The lowest BCUT2D eigenvalue weighted by molar-refractivity contribution is 0.384. The Morgan fingerprint density at radius 2 is 2.16 bits per heavy atom. The molecule has 1 aromatic heterocycles. The van der Waals surface area contributed by atoms with Crippen molar-refractivity contribution in [3.05, 3.63) is 29.7 Å². The summed E-state index contributed by atoms with van der Waals surface area (Å²) in [5.41, 5.74) is 0. The maximum absolute atomic E-state index is 12.5. The van der Waals surface area contributed by atoms with Gasteiger partial charge in [0.05, 0.1) is 0 Å². The molecule has 1 heterocycles. The predicted molar refractivity (Wildman–Crippen MR) is 80.9 cm³/mol. The van der Waals surface area contributed by atoms with Crippen molar-refractivity contribution in [2.24, 2.45) is 0 Å². The van der Waals surface area contributed by atoms with Gasteiger partial charge in [-0.15, -0.1) is 17.9 Å². The Balaban J connectivity index is 2.98. The number of hydrogen-bond donors (Lipinski definition) is 1. The lowest BCUT2D eigenvalue weighted by atomic mass is 10.4. The van der Waals surface area contributed by atoms with Gasteiger partial charge in [-0.2, -0.15) is 4.31 Å². The van der Waals surface area contributed by atoms with Gasteiger partial charge < -0.3 is 5.32 Å². The van der Waals surface area contributed by atoms with E-state index in [1.54, 1.807) is 12.1 Å². The van der Waals surface area contributed by atoms with Gasteiger partial charge in [0.15, 0.2) is 0 Å². The molecule has 0 aromatic carbocycles. The van der Waals surface area contributed by atoms with E-state index in [4.69, 9.17) is 0 Å². The SMILES string of the molecule is C=CCN(C(C)C)S(=O)(=O)c1ccc(CNCC)s1. The first-order chi connectivity index (χ1) is 8.93. The van der Waals surface area contributed by atoms with Crippen molar-refractivity contribution in [1.82, 2.24) is 9.62 Å². The van der Waals surface area contributed by atoms with Gasteiger partial charge >= 0.3 is 0 Å². The Morgan fingerprint density at radius 3 is 2.68 bits per heavy atom. The van der Waals surface area contributed by atoms with Crippen LogP contribution in [0.4, 0.5) is 0 Å². The molecular weight excluding hydrogens is 280 g/mol. The van der Waals surface area contributed by atoms with E-state index >= 15 is 0 Å². The zero-order chi connectivity index (χ0) is 14.5. The van der Waals surface area contributed by atoms with Crippen molar-refractivity contribution in [3.8, 4) is 0 Å². The lowest BCUT2D eigenvalue weighted by Gasteiger charge is -2.23. The minimum absolute atomic E-state index is 0.0812. The van der Waals surface area contributed by atoms with Crippen LogP contribution in [0.3, 0.4) is 0 Å². The molecule has 0 saturated carbocycles. The Morgan fingerprint density at radius 1 is 1.47 bits per heavy atom. The van der Waals surface area contributed by atoms with E-state index in [0.717, 1.165) is 11.4 Å². The molecule has 0 saturated heterocycles. The third kappa shape index (κ3) is 4.14. The van der Waals surface area contributed by atoms with Crippen LogP contribution in [0.2, 0.25) is 0 Å². The second kappa shape index (κ2) is 7.19. The van der Waals surface area contributed by atoms with E-state index in [0.29, 0.717) is 17.3 Å². The molecule has 0 aliphatic rings. The number of hydrogen-bond acceptors (Lipinski definition) is 4. The molecule has 0 spiro atoms. The Hall–Kier alpha value is -0.690. The number of rotatable bonds is 8. The topological polar surface area (TPSA) is 49.4 Å². The first-order valence-corrected chi connectivity index (χ1v) is 8.61. The second-order valence-corrected chi connectivity index (χ2v) is 7.74. The molecule has 0 aliphatic carbocycles. The predicted octanol–water partition coefficient (Wildman–Crippen LogP) is 2.44. The van der Waals surface area contributed by atoms with Crippen molar-refractivity contribution >= 4 is 21.4 Å². The number of thiophene rings is 1. The molecule has 0 atom stereocenters. The van der Waals surface area contributed by atoms with Gasteiger partial charge in [0, 0.05) is 24.0 Å². The largest absolute Gasteiger partial charge is 0.312 e. The van der Waals surface area contributed by atoms with E-state index in [-0.39, 0.29) is 6.04 Å². The first-order valence-electron chi connectivity index (χ1n) is 6.35. The van der Waals surface area contributed by atoms with E-state index in [9.17, 15) is 8.42 Å². The van der Waals surface area contributed by atoms with Gasteiger partial charge in [0.2, 0.25) is 0 Å². The van der Waals surface area contributed by atoms with Crippen LogP contribution in [0.5, 0.6) is 0 Å². The van der Waals surface area contributed by atoms with Gasteiger partial charge in [-0.05, 0) is 32.5 Å². The molecule has 0 aliphatic heterocycles. The van der Waals surface area contributed by atoms with E-state index < -0.39 is 10.0 Å². The van der Waals surface area contributed by atoms with Crippen molar-refractivity contribution in [2.75, 3.05) is 13.1 Å². The molecule has 0 unspecified atom stereocenters. The summed E-state index contributed by atoms with van der Waals surface area (Å²) in [7, 11) is -3.41. The van der Waals surface area contributed by atoms with Gasteiger partial charge in [0.1, 0.15) is 4.21 Å². The summed E-state index contributed by atoms with van der Waals surface area (Å²) in [5.74, 6) is 0. The fraction of sp³-hybridized carbons (Fsp3) is 0.538. The smallest absolute Gasteiger partial charge is 0.253 e. The molecule has 1 N–H and O–H groups in total. The van der Waals surface area contributed by atoms with Gasteiger partial charge in [-0.1, -0.05) is 13.0 Å². The second-order valence-electron chi connectivity index (χ2n) is 4.46. The Labute approximate surface area is 120 Å². The van der Waals surface area contributed by atoms with Gasteiger partial charge in [-0.3, -0.25) is 0 Å². The summed E-state index contributed by atoms with van der Waals surface area (Å²) in [4.78, 5) is 1.03. The molecule has 0 fully saturated rings. The van der Waals surface area contributed by atoms with E-state index in [1.165, 1.54) is 15.6 Å². The minimum Gasteiger partial charge on any atom is -0.312 e. The number of nitrogens with one attached hydrogen (secondary N) is 1. The maximum Gasteiger partial charge on any atom is 0.253 e. The average molecular weight is 302 g/mol. The highest BCUT2D eigenvalue weighted by atomic mass is 32.2. The van der Waals surface area contributed by atoms with E-state index in [2.05, 4.69) is 11.9 Å². The van der Waals surface area contributed by atoms with Crippen LogP contribution in [0, 0.1) is 0 Å². The number of sulfonamides is 1. The van der Waals surface area contributed by atoms with Crippen molar-refractivity contribution in [1.29, 1.82) is 0 Å². The van der Waals surface area contributed by atoms with Crippen molar-refractivity contribution < 1.29 is 8.42 Å². The highest BCUT2D eigenvalue weighted by Crippen LogP contribution is 2.26. The molecule has 1 rings (SSSR count). The normalized spacial score (nSPS) is 12.3. The Kier molecular flexibility index (Phi) is 6.19. The van der Waals surface area contributed by atoms with Crippen LogP contribution in [0.15, 0.2) is 29.0 Å². The summed E-state index contributed by atoms with van der Waals surface area (Å²) in [5, 5.41) is 3.19. The average Bonchev–Trinajstić information content (AvgIpc) is 2.82. The zero-order valence-electron chi connectivity index (χ0n) is 11.7. The van der Waals surface area contributed by atoms with Crippen LogP contribution < -0.4 is 5.32 Å². The lowest BCUT2D eigenvalue weighted by Crippen LogP contribution is -2.36. The molecular formula is C13H22N2O2S2. The molecule has 0 bridgehead atoms. The highest BCUT2D eigenvalue weighted by molar-refractivity contribution is 7.91. The van der Waals surface area contributed by atoms with Crippen molar-refractivity contribution in [3.63, 3.8) is 0 Å². The summed E-state index contributed by atoms with van der Waals surface area (Å²) in [6, 6.07) is 3.47. The van der Waals surface area contributed by atoms with Gasteiger partial charge in [0.25, 0.3) is 10.0 Å². The fourth-order valence-electron chi connectivity index (χ4n) is 1.67. The summed E-state index contributed by atoms with van der Waals surface area (Å²) in [6.45, 7) is 11.3. The molecule has 4 nitrogen and oxygen atoms in total. The van der Waals surface area contributed by atoms with Crippen LogP contribution in [-0.2, 0) is 16.6 Å². The summed E-state index contributed by atoms with van der Waals surface area (Å²) in [6.07, 6.45) is 1.62. The minimum atomic E-state index is -3.41. The monoisotopic (exact) mass is 302 g/mol. The van der Waals surface area contributed by atoms with Crippen LogP contribution >= 0.6 is 11.3 Å². The zero-order valence-corrected chi connectivity index (χ0v) is 13.4. The molecule has 0 radical (unpaired) electrons. The maximum atomic E-state index is 12.5. The van der Waals surface area contributed by atoms with E-state index in [1.807, 2.05) is 26.8 Å². The molecule has 0 amide bonds. The molecule has 19 heavy (non-hydrogen) atoms. The van der Waals surface area contributed by atoms with Crippen LogP contribution in [0.1, 0.15) is 25.6 Å².